The molecule has 0 spiro atoms. The summed E-state index contributed by atoms with van der Waals surface area (Å²) in [5.41, 5.74) is 0.502. The summed E-state index contributed by atoms with van der Waals surface area (Å²) in [5, 5.41) is 18.5. The van der Waals surface area contributed by atoms with Crippen LogP contribution in [0.3, 0.4) is 0 Å². The molecule has 1 N–H and O–H groups in total. The molecule has 1 amide bonds. The minimum Gasteiger partial charge on any atom is -0.352 e. The van der Waals surface area contributed by atoms with Gasteiger partial charge in [0.2, 0.25) is 11.7 Å². The molecule has 9 nitrogen and oxygen atoms in total. The van der Waals surface area contributed by atoms with E-state index < -0.39 is 0 Å². The van der Waals surface area contributed by atoms with Crippen LogP contribution in [-0.2, 0) is 11.8 Å². The molecule has 2 fully saturated rings. The molecule has 1 saturated heterocycles. The number of aromatic nitrogens is 2. The van der Waals surface area contributed by atoms with E-state index in [0.717, 1.165) is 12.8 Å². The number of nitrogens with one attached hydrogen (secondary N) is 1. The summed E-state index contributed by atoms with van der Waals surface area (Å²) in [6, 6.07) is 0.192. The molecule has 1 atom stereocenters. The van der Waals surface area contributed by atoms with Gasteiger partial charge in [-0.2, -0.15) is 5.10 Å². The van der Waals surface area contributed by atoms with Crippen LogP contribution in [0.25, 0.3) is 0 Å². The second kappa shape index (κ2) is 6.39. The molecule has 9 heteroatoms. The standard InChI is InChI=1S/C15H24N6O3/c1-10-13(21(23)24)15(18(3)17-10)20-8-6-19(7-9-20)11(2)14(22)16-12-4-5-12/h11-12H,4-9H2,1-3H3,(H,16,22)/t11-/m0/s1. The first-order valence-electron chi connectivity index (χ1n) is 8.36. The highest BCUT2D eigenvalue weighted by molar-refractivity contribution is 5.82. The average Bonchev–Trinajstić information content (AvgIpc) is 3.29. The van der Waals surface area contributed by atoms with Crippen molar-refractivity contribution in [3.8, 4) is 0 Å². The van der Waals surface area contributed by atoms with Gasteiger partial charge in [-0.1, -0.05) is 0 Å². The molecule has 1 saturated carbocycles. The van der Waals surface area contributed by atoms with E-state index in [1.807, 2.05) is 11.8 Å². The van der Waals surface area contributed by atoms with Crippen molar-refractivity contribution >= 4 is 17.4 Å². The topological polar surface area (TPSA) is 96.5 Å². The lowest BCUT2D eigenvalue weighted by atomic mass is 10.2. The molecular formula is C15H24N6O3. The number of aryl methyl sites for hydroxylation is 2. The highest BCUT2D eigenvalue weighted by Crippen LogP contribution is 2.31. The number of nitro groups is 1. The molecule has 2 aliphatic rings. The molecule has 1 aromatic rings. The van der Waals surface area contributed by atoms with Gasteiger partial charge < -0.3 is 10.2 Å². The minimum atomic E-state index is -0.365. The lowest BCUT2D eigenvalue weighted by molar-refractivity contribution is -0.384. The third-order valence-electron chi connectivity index (χ3n) is 4.81. The Morgan fingerprint density at radius 3 is 2.50 bits per heavy atom. The van der Waals surface area contributed by atoms with E-state index in [1.54, 1.807) is 18.7 Å². The van der Waals surface area contributed by atoms with E-state index in [-0.39, 0.29) is 22.6 Å². The van der Waals surface area contributed by atoms with Crippen LogP contribution in [0.15, 0.2) is 0 Å². The normalized spacial score (nSPS) is 20.0. The first-order chi connectivity index (χ1) is 11.4. The summed E-state index contributed by atoms with van der Waals surface area (Å²) in [5.74, 6) is 0.626. The van der Waals surface area contributed by atoms with Crippen molar-refractivity contribution in [2.75, 3.05) is 31.1 Å². The van der Waals surface area contributed by atoms with Crippen LogP contribution in [-0.4, -0.2) is 63.8 Å². The van der Waals surface area contributed by atoms with E-state index in [9.17, 15) is 14.9 Å². The fourth-order valence-electron chi connectivity index (χ4n) is 3.24. The number of piperazine rings is 1. The van der Waals surface area contributed by atoms with Crippen molar-refractivity contribution in [3.05, 3.63) is 15.8 Å². The Morgan fingerprint density at radius 2 is 1.96 bits per heavy atom. The number of hydrogen-bond donors (Lipinski definition) is 1. The Kier molecular flexibility index (Phi) is 4.44. The highest BCUT2D eigenvalue weighted by atomic mass is 16.6. The summed E-state index contributed by atoms with van der Waals surface area (Å²) >= 11 is 0. The monoisotopic (exact) mass is 336 g/mol. The molecule has 1 aliphatic heterocycles. The molecule has 3 rings (SSSR count). The summed E-state index contributed by atoms with van der Waals surface area (Å²) in [4.78, 5) is 27.3. The molecule has 0 aromatic carbocycles. The number of rotatable bonds is 5. The second-order valence-electron chi connectivity index (χ2n) is 6.62. The van der Waals surface area contributed by atoms with Crippen molar-refractivity contribution in [3.63, 3.8) is 0 Å². The zero-order valence-corrected chi connectivity index (χ0v) is 14.4. The zero-order chi connectivity index (χ0) is 17.4. The maximum Gasteiger partial charge on any atom is 0.333 e. The molecule has 132 valence electrons. The van der Waals surface area contributed by atoms with Crippen LogP contribution < -0.4 is 10.2 Å². The van der Waals surface area contributed by atoms with E-state index in [2.05, 4.69) is 15.3 Å². The number of anilines is 1. The van der Waals surface area contributed by atoms with Gasteiger partial charge in [-0.05, 0) is 26.7 Å². The van der Waals surface area contributed by atoms with Crippen molar-refractivity contribution < 1.29 is 9.72 Å². The van der Waals surface area contributed by atoms with Gasteiger partial charge in [0.1, 0.15) is 5.69 Å². The van der Waals surface area contributed by atoms with Gasteiger partial charge in [0, 0.05) is 39.3 Å². The molecule has 0 bridgehead atoms. The Bertz CT molecular complexity index is 646. The lowest BCUT2D eigenvalue weighted by Crippen LogP contribution is -2.54. The number of amides is 1. The van der Waals surface area contributed by atoms with Crippen LogP contribution in [0, 0.1) is 17.0 Å². The quantitative estimate of drug-likeness (QED) is 0.618. The van der Waals surface area contributed by atoms with E-state index in [0.29, 0.717) is 43.7 Å². The fourth-order valence-corrected chi connectivity index (χ4v) is 3.24. The van der Waals surface area contributed by atoms with Crippen molar-refractivity contribution in [1.82, 2.24) is 20.0 Å². The highest BCUT2D eigenvalue weighted by Gasteiger charge is 2.33. The second-order valence-corrected chi connectivity index (χ2v) is 6.62. The van der Waals surface area contributed by atoms with Crippen LogP contribution in [0.1, 0.15) is 25.5 Å². The number of nitrogens with zero attached hydrogens (tertiary/aromatic N) is 5. The van der Waals surface area contributed by atoms with E-state index >= 15 is 0 Å². The van der Waals surface area contributed by atoms with E-state index in [1.165, 1.54) is 0 Å². The molecule has 0 unspecified atom stereocenters. The summed E-state index contributed by atoms with van der Waals surface area (Å²) < 4.78 is 1.58. The Labute approximate surface area is 140 Å². The van der Waals surface area contributed by atoms with Gasteiger partial charge in [0.05, 0.1) is 11.0 Å². The molecule has 2 heterocycles. The minimum absolute atomic E-state index is 0.0745. The lowest BCUT2D eigenvalue weighted by Gasteiger charge is -2.37. The van der Waals surface area contributed by atoms with Crippen molar-refractivity contribution in [2.45, 2.75) is 38.8 Å². The molecule has 1 aromatic heterocycles. The molecule has 0 radical (unpaired) electrons. The van der Waals surface area contributed by atoms with Crippen molar-refractivity contribution in [2.24, 2.45) is 7.05 Å². The third kappa shape index (κ3) is 3.21. The maximum atomic E-state index is 12.2. The largest absolute Gasteiger partial charge is 0.352 e. The summed E-state index contributed by atoms with van der Waals surface area (Å²) in [7, 11) is 1.73. The smallest absolute Gasteiger partial charge is 0.333 e. The average molecular weight is 336 g/mol. The van der Waals surface area contributed by atoms with Crippen molar-refractivity contribution in [1.29, 1.82) is 0 Å². The first-order valence-corrected chi connectivity index (χ1v) is 8.36. The fraction of sp³-hybridized carbons (Fsp3) is 0.733. The van der Waals surface area contributed by atoms with Crippen LogP contribution in [0.5, 0.6) is 0 Å². The Balaban J connectivity index is 1.65. The predicted octanol–water partition coefficient (Wildman–Crippen LogP) is 0.426. The predicted molar refractivity (Wildman–Crippen MR) is 89.0 cm³/mol. The summed E-state index contributed by atoms with van der Waals surface area (Å²) in [6.07, 6.45) is 2.16. The van der Waals surface area contributed by atoms with Gasteiger partial charge in [0.25, 0.3) is 0 Å². The van der Waals surface area contributed by atoms with Gasteiger partial charge in [-0.25, -0.2) is 4.68 Å². The van der Waals surface area contributed by atoms with Gasteiger partial charge in [-0.3, -0.25) is 19.8 Å². The summed E-state index contributed by atoms with van der Waals surface area (Å²) in [6.45, 7) is 6.25. The van der Waals surface area contributed by atoms with Gasteiger partial charge in [-0.15, -0.1) is 0 Å². The van der Waals surface area contributed by atoms with E-state index in [4.69, 9.17) is 0 Å². The van der Waals surface area contributed by atoms with Crippen LogP contribution in [0.4, 0.5) is 11.5 Å². The Hall–Kier alpha value is -2.16. The number of hydrogen-bond acceptors (Lipinski definition) is 6. The number of carbonyl (C=O) groups is 1. The number of carbonyl (C=O) groups excluding carboxylic acids is 1. The van der Waals surface area contributed by atoms with Crippen LogP contribution in [0.2, 0.25) is 0 Å². The zero-order valence-electron chi connectivity index (χ0n) is 14.4. The first kappa shape index (κ1) is 16.7. The molecule has 1 aliphatic carbocycles. The Morgan fingerprint density at radius 1 is 1.33 bits per heavy atom. The van der Waals surface area contributed by atoms with Crippen LogP contribution >= 0.6 is 0 Å². The van der Waals surface area contributed by atoms with Gasteiger partial charge in [0.15, 0.2) is 0 Å². The molecular weight excluding hydrogens is 312 g/mol. The SMILES string of the molecule is Cc1nn(C)c(N2CCN([C@@H](C)C(=O)NC3CC3)CC2)c1[N+](=O)[O-]. The third-order valence-corrected chi connectivity index (χ3v) is 4.81. The maximum absolute atomic E-state index is 12.2. The van der Waals surface area contributed by atoms with Gasteiger partial charge >= 0.3 is 5.69 Å². The molecule has 24 heavy (non-hydrogen) atoms.